The van der Waals surface area contributed by atoms with E-state index in [0.717, 1.165) is 17.8 Å². The molecule has 1 aromatic heterocycles. The molecular weight excluding hydrogens is 455 g/mol. The lowest BCUT2D eigenvalue weighted by molar-refractivity contribution is -0.139. The van der Waals surface area contributed by atoms with Crippen LogP contribution in [0.3, 0.4) is 0 Å². The van der Waals surface area contributed by atoms with Gasteiger partial charge in [-0.25, -0.2) is 18.7 Å². The number of halogens is 3. The smallest absolute Gasteiger partial charge is 0.263 e. The van der Waals surface area contributed by atoms with Gasteiger partial charge >= 0.3 is 6.18 Å². The Labute approximate surface area is 178 Å². The maximum absolute atomic E-state index is 13.6. The number of H-pyrrole nitrogens is 1. The van der Waals surface area contributed by atoms with Crippen molar-refractivity contribution in [2.75, 3.05) is 6.54 Å². The van der Waals surface area contributed by atoms with Crippen LogP contribution in [-0.4, -0.2) is 40.6 Å². The van der Waals surface area contributed by atoms with Gasteiger partial charge in [-0.15, -0.1) is 5.10 Å². The molecule has 14 heteroatoms. The van der Waals surface area contributed by atoms with Crippen molar-refractivity contribution in [2.45, 2.75) is 11.1 Å². The number of alkyl halides is 3. The molecule has 0 spiro atoms. The number of sulfonamides is 1. The van der Waals surface area contributed by atoms with Crippen LogP contribution in [0.5, 0.6) is 0 Å². The summed E-state index contributed by atoms with van der Waals surface area (Å²) in [6, 6.07) is 3.59. The van der Waals surface area contributed by atoms with Crippen LogP contribution in [0, 0.1) is 11.3 Å². The molecule has 2 heterocycles. The fourth-order valence-electron chi connectivity index (χ4n) is 2.77. The number of nitriles is 1. The van der Waals surface area contributed by atoms with Crippen molar-refractivity contribution in [3.8, 4) is 17.5 Å². The predicted molar refractivity (Wildman–Crippen MR) is 108 cm³/mol. The largest absolute Gasteiger partial charge is 0.417 e. The summed E-state index contributed by atoms with van der Waals surface area (Å²) in [4.78, 5) is 3.47. The van der Waals surface area contributed by atoms with Gasteiger partial charge in [0.15, 0.2) is 10.9 Å². The molecule has 1 aliphatic heterocycles. The van der Waals surface area contributed by atoms with E-state index in [1.165, 1.54) is 6.08 Å². The third-order valence-electron chi connectivity index (χ3n) is 3.97. The zero-order valence-corrected chi connectivity index (χ0v) is 17.0. The topological polar surface area (TPSA) is 151 Å². The lowest BCUT2D eigenvalue weighted by atomic mass is 9.96. The van der Waals surface area contributed by atoms with Gasteiger partial charge in [0.05, 0.1) is 12.1 Å². The normalized spacial score (nSPS) is 19.8. The molecule has 0 saturated heterocycles. The molecule has 0 aliphatic carbocycles. The lowest BCUT2D eigenvalue weighted by Gasteiger charge is -2.18. The number of nitrogens with zero attached hydrogens (tertiary/aromatic N) is 5. The highest BCUT2D eigenvalue weighted by molar-refractivity contribution is 8.17. The summed E-state index contributed by atoms with van der Waals surface area (Å²) < 4.78 is 65.3. The number of nitrogens with two attached hydrogens (primary N) is 1. The molecule has 1 aromatic carbocycles. The first-order chi connectivity index (χ1) is 14.5. The molecule has 3 rings (SSSR count). The van der Waals surface area contributed by atoms with Gasteiger partial charge in [-0.3, -0.25) is 4.99 Å². The Kier molecular flexibility index (Phi) is 6.11. The average Bonchev–Trinajstić information content (AvgIpc) is 3.22. The molecule has 9 nitrogen and oxygen atoms in total. The Morgan fingerprint density at radius 3 is 2.65 bits per heavy atom. The number of rotatable bonds is 3. The van der Waals surface area contributed by atoms with Crippen molar-refractivity contribution in [1.82, 2.24) is 20.6 Å². The molecular formula is C17H12F3N7O2S2. The number of tetrazole rings is 1. The van der Waals surface area contributed by atoms with E-state index < -0.39 is 32.2 Å². The zero-order chi connectivity index (χ0) is 22.8. The van der Waals surface area contributed by atoms with Gasteiger partial charge in [0.1, 0.15) is 11.0 Å². The molecule has 0 radical (unpaired) electrons. The number of hydrogen-bond acceptors (Lipinski definition) is 8. The molecule has 0 amide bonds. The van der Waals surface area contributed by atoms with Crippen LogP contribution in [0.4, 0.5) is 13.2 Å². The first kappa shape index (κ1) is 22.4. The number of benzene rings is 1. The molecule has 3 N–H and O–H groups in total. The third-order valence-corrected chi connectivity index (χ3v) is 5.78. The summed E-state index contributed by atoms with van der Waals surface area (Å²) in [6.07, 6.45) is -0.380. The van der Waals surface area contributed by atoms with Crippen LogP contribution >= 0.6 is 11.8 Å². The molecule has 1 aliphatic rings. The number of aromatic nitrogens is 4. The second kappa shape index (κ2) is 8.46. The quantitative estimate of drug-likeness (QED) is 0.704. The minimum absolute atomic E-state index is 0.0405. The number of aliphatic imine (C=N–C) groups is 1. The standard InChI is InChI=1S/C17H12F3N7O2S2/c1-9-3-2-4-10(8-23-13(7-21)30-9)11-5-6-12(17(18,19)20)15(31(22,28)29)14(11)16-24-26-27-25-16/h2-6H,1,8H2,(H2,22,28,29)(H,24,25,26,27)/b3-2-,10-4+,23-13-. The second-order valence-electron chi connectivity index (χ2n) is 6.01. The van der Waals surface area contributed by atoms with Gasteiger partial charge in [-0.1, -0.05) is 36.6 Å². The molecule has 0 fully saturated rings. The van der Waals surface area contributed by atoms with Gasteiger partial charge < -0.3 is 0 Å². The molecule has 0 bridgehead atoms. The van der Waals surface area contributed by atoms with Crippen molar-refractivity contribution < 1.29 is 21.6 Å². The molecule has 0 atom stereocenters. The Balaban J connectivity index is 2.38. The second-order valence-corrected chi connectivity index (χ2v) is 8.62. The van der Waals surface area contributed by atoms with E-state index in [1.807, 2.05) is 6.07 Å². The van der Waals surface area contributed by atoms with Gasteiger partial charge in [0.25, 0.3) is 0 Å². The zero-order valence-electron chi connectivity index (χ0n) is 15.4. The number of thioether (sulfide) groups is 1. The Morgan fingerprint density at radius 2 is 2.06 bits per heavy atom. The van der Waals surface area contributed by atoms with E-state index >= 15 is 0 Å². The molecule has 0 saturated carbocycles. The molecule has 2 aromatic rings. The lowest BCUT2D eigenvalue weighted by Crippen LogP contribution is -2.21. The Hall–Kier alpha value is -3.28. The van der Waals surface area contributed by atoms with E-state index in [2.05, 4.69) is 32.2 Å². The summed E-state index contributed by atoms with van der Waals surface area (Å²) >= 11 is 1.02. The van der Waals surface area contributed by atoms with E-state index in [-0.39, 0.29) is 23.0 Å². The number of primary sulfonamides is 1. The van der Waals surface area contributed by atoms with Crippen molar-refractivity contribution in [2.24, 2.45) is 10.1 Å². The van der Waals surface area contributed by atoms with Crippen LogP contribution in [0.1, 0.15) is 11.1 Å². The maximum atomic E-state index is 13.6. The average molecular weight is 467 g/mol. The number of hydrogen-bond donors (Lipinski definition) is 2. The van der Waals surface area contributed by atoms with Crippen molar-refractivity contribution >= 4 is 32.4 Å². The minimum Gasteiger partial charge on any atom is -0.263 e. The minimum atomic E-state index is -5.02. The van der Waals surface area contributed by atoms with Crippen LogP contribution in [-0.2, 0) is 16.2 Å². The van der Waals surface area contributed by atoms with Crippen LogP contribution < -0.4 is 5.14 Å². The predicted octanol–water partition coefficient (Wildman–Crippen LogP) is 2.66. The number of nitrogens with one attached hydrogen (secondary N) is 1. The summed E-state index contributed by atoms with van der Waals surface area (Å²) in [5.74, 6) is -0.335. The Morgan fingerprint density at radius 1 is 1.32 bits per heavy atom. The van der Waals surface area contributed by atoms with Gasteiger partial charge in [-0.05, 0) is 33.7 Å². The highest BCUT2D eigenvalue weighted by Crippen LogP contribution is 2.41. The fourth-order valence-corrected chi connectivity index (χ4v) is 4.33. The summed E-state index contributed by atoms with van der Waals surface area (Å²) in [5.41, 5.74) is -1.58. The van der Waals surface area contributed by atoms with Crippen molar-refractivity contribution in [3.05, 3.63) is 53.0 Å². The van der Waals surface area contributed by atoms with Crippen LogP contribution in [0.2, 0.25) is 0 Å². The SMILES string of the molecule is C=C1/C=C\C=C(\c2ccc(C(F)(F)F)c(S(N)(=O)=O)c2-c2nnn[nH]2)C/N=C(/C#N)S1. The fraction of sp³-hybridized carbons (Fsp3) is 0.118. The summed E-state index contributed by atoms with van der Waals surface area (Å²) in [7, 11) is -4.87. The number of aromatic amines is 1. The first-order valence-electron chi connectivity index (χ1n) is 8.22. The summed E-state index contributed by atoms with van der Waals surface area (Å²) in [5, 5.41) is 27.0. The summed E-state index contributed by atoms with van der Waals surface area (Å²) in [6.45, 7) is 3.62. The van der Waals surface area contributed by atoms with Crippen molar-refractivity contribution in [3.63, 3.8) is 0 Å². The van der Waals surface area contributed by atoms with Gasteiger partial charge in [0, 0.05) is 10.5 Å². The van der Waals surface area contributed by atoms with E-state index in [9.17, 15) is 26.9 Å². The number of allylic oxidation sites excluding steroid dienone is 3. The highest BCUT2D eigenvalue weighted by Gasteiger charge is 2.39. The van der Waals surface area contributed by atoms with E-state index in [1.54, 1.807) is 12.2 Å². The van der Waals surface area contributed by atoms with Crippen molar-refractivity contribution in [1.29, 1.82) is 5.26 Å². The first-order valence-corrected chi connectivity index (χ1v) is 10.6. The highest BCUT2D eigenvalue weighted by atomic mass is 32.2. The molecule has 31 heavy (non-hydrogen) atoms. The van der Waals surface area contributed by atoms with E-state index in [4.69, 9.17) is 5.14 Å². The molecule has 160 valence electrons. The molecule has 0 unspecified atom stereocenters. The van der Waals surface area contributed by atoms with Gasteiger partial charge in [-0.2, -0.15) is 18.4 Å². The third kappa shape index (κ3) is 4.90. The van der Waals surface area contributed by atoms with E-state index in [0.29, 0.717) is 16.5 Å². The monoisotopic (exact) mass is 467 g/mol. The Bertz CT molecular complexity index is 1270. The van der Waals surface area contributed by atoms with Gasteiger partial charge in [0.2, 0.25) is 10.0 Å². The van der Waals surface area contributed by atoms with Crippen LogP contribution in [0.15, 0.2) is 51.7 Å². The maximum Gasteiger partial charge on any atom is 0.417 e. The van der Waals surface area contributed by atoms with Crippen LogP contribution in [0.25, 0.3) is 17.0 Å².